The molecule has 0 atom stereocenters. The summed E-state index contributed by atoms with van der Waals surface area (Å²) in [4.78, 5) is 24.5. The summed E-state index contributed by atoms with van der Waals surface area (Å²) in [5, 5.41) is 12.1. The van der Waals surface area contributed by atoms with Crippen LogP contribution in [0.1, 0.15) is 23.8 Å². The van der Waals surface area contributed by atoms with Crippen LogP contribution >= 0.6 is 0 Å². The second kappa shape index (κ2) is 5.84. The average molecular weight is 225 g/mol. The molecule has 0 saturated heterocycles. The molecule has 1 rings (SSSR count). The van der Waals surface area contributed by atoms with E-state index in [2.05, 4.69) is 20.7 Å². The fourth-order valence-corrected chi connectivity index (χ4v) is 1.24. The number of hydrogen-bond acceptors (Lipinski definition) is 4. The summed E-state index contributed by atoms with van der Waals surface area (Å²) >= 11 is 0. The molecule has 16 heavy (non-hydrogen) atoms. The molecular formula is C9H15N5O2. The quantitative estimate of drug-likeness (QED) is 0.700. The van der Waals surface area contributed by atoms with Gasteiger partial charge >= 0.3 is 0 Å². The molecular weight excluding hydrogens is 210 g/mol. The zero-order chi connectivity index (χ0) is 12.0. The monoisotopic (exact) mass is 225 g/mol. The van der Waals surface area contributed by atoms with Crippen molar-refractivity contribution in [3.63, 3.8) is 0 Å². The Balaban J connectivity index is 2.69. The standard InChI is InChI=1S/C9H15N5O2/c1-3-4-14(6-8(15)10-2)9(16)7-5-11-13-12-7/h5H,3-4,6H2,1-2H3,(H,10,15)(H,11,12,13). The molecule has 0 aromatic carbocycles. The molecule has 0 saturated carbocycles. The summed E-state index contributed by atoms with van der Waals surface area (Å²) in [7, 11) is 1.53. The number of carbonyl (C=O) groups excluding carboxylic acids is 2. The molecule has 0 fully saturated rings. The number of nitrogens with one attached hydrogen (secondary N) is 2. The fraction of sp³-hybridized carbons (Fsp3) is 0.556. The molecule has 1 aromatic heterocycles. The molecule has 7 nitrogen and oxygen atoms in total. The highest BCUT2D eigenvalue weighted by atomic mass is 16.2. The van der Waals surface area contributed by atoms with Gasteiger partial charge in [-0.1, -0.05) is 6.92 Å². The molecule has 7 heteroatoms. The summed E-state index contributed by atoms with van der Waals surface area (Å²) in [5.74, 6) is -0.496. The van der Waals surface area contributed by atoms with E-state index in [1.54, 1.807) is 0 Å². The van der Waals surface area contributed by atoms with E-state index in [9.17, 15) is 9.59 Å². The third-order valence-corrected chi connectivity index (χ3v) is 2.03. The Kier molecular flexibility index (Phi) is 4.43. The van der Waals surface area contributed by atoms with Crippen molar-refractivity contribution in [3.05, 3.63) is 11.9 Å². The van der Waals surface area contributed by atoms with E-state index < -0.39 is 0 Å². The van der Waals surface area contributed by atoms with Crippen LogP contribution in [-0.2, 0) is 4.79 Å². The van der Waals surface area contributed by atoms with Crippen molar-refractivity contribution in [2.24, 2.45) is 0 Å². The number of hydrogen-bond donors (Lipinski definition) is 2. The molecule has 1 heterocycles. The fourth-order valence-electron chi connectivity index (χ4n) is 1.24. The van der Waals surface area contributed by atoms with E-state index in [0.717, 1.165) is 6.42 Å². The van der Waals surface area contributed by atoms with Crippen molar-refractivity contribution in [1.29, 1.82) is 0 Å². The van der Waals surface area contributed by atoms with Gasteiger partial charge in [0, 0.05) is 13.6 Å². The number of nitrogens with zero attached hydrogens (tertiary/aromatic N) is 3. The summed E-state index contributed by atoms with van der Waals surface area (Å²) in [5.41, 5.74) is 0.220. The van der Waals surface area contributed by atoms with Gasteiger partial charge in [0.05, 0.1) is 12.7 Å². The molecule has 88 valence electrons. The smallest absolute Gasteiger partial charge is 0.276 e. The van der Waals surface area contributed by atoms with Crippen molar-refractivity contribution in [1.82, 2.24) is 25.6 Å². The predicted molar refractivity (Wildman–Crippen MR) is 56.6 cm³/mol. The van der Waals surface area contributed by atoms with E-state index in [1.807, 2.05) is 6.92 Å². The number of carbonyl (C=O) groups is 2. The lowest BCUT2D eigenvalue weighted by Gasteiger charge is -2.19. The second-order valence-electron chi connectivity index (χ2n) is 3.26. The van der Waals surface area contributed by atoms with Gasteiger partial charge in [-0.3, -0.25) is 9.59 Å². The Bertz CT molecular complexity index is 349. The van der Waals surface area contributed by atoms with Crippen molar-refractivity contribution < 1.29 is 9.59 Å². The Morgan fingerprint density at radius 2 is 2.31 bits per heavy atom. The van der Waals surface area contributed by atoms with Crippen LogP contribution in [0.4, 0.5) is 0 Å². The number of rotatable bonds is 5. The van der Waals surface area contributed by atoms with Crippen molar-refractivity contribution in [2.45, 2.75) is 13.3 Å². The second-order valence-corrected chi connectivity index (χ2v) is 3.26. The van der Waals surface area contributed by atoms with Crippen LogP contribution in [0.15, 0.2) is 6.20 Å². The minimum Gasteiger partial charge on any atom is -0.358 e. The Hall–Kier alpha value is -1.92. The molecule has 2 N–H and O–H groups in total. The largest absolute Gasteiger partial charge is 0.358 e. The number of likely N-dealkylation sites (N-methyl/N-ethyl adjacent to an activating group) is 1. The van der Waals surface area contributed by atoms with Gasteiger partial charge in [0.1, 0.15) is 0 Å². The molecule has 2 amide bonds. The number of amides is 2. The Morgan fingerprint density at radius 3 is 2.81 bits per heavy atom. The Morgan fingerprint density at radius 1 is 1.56 bits per heavy atom. The first-order chi connectivity index (χ1) is 7.69. The van der Waals surface area contributed by atoms with Crippen LogP contribution in [-0.4, -0.2) is 52.3 Å². The highest BCUT2D eigenvalue weighted by Crippen LogP contribution is 2.00. The first kappa shape index (κ1) is 12.2. The topological polar surface area (TPSA) is 91.0 Å². The van der Waals surface area contributed by atoms with Crippen LogP contribution in [0.25, 0.3) is 0 Å². The van der Waals surface area contributed by atoms with Gasteiger partial charge in [-0.25, -0.2) is 0 Å². The van der Waals surface area contributed by atoms with Crippen molar-refractivity contribution in [3.8, 4) is 0 Å². The number of H-pyrrole nitrogens is 1. The lowest BCUT2D eigenvalue weighted by molar-refractivity contribution is -0.121. The zero-order valence-electron chi connectivity index (χ0n) is 9.36. The average Bonchev–Trinajstić information content (AvgIpc) is 2.80. The Labute approximate surface area is 93.2 Å². The van der Waals surface area contributed by atoms with Gasteiger partial charge in [-0.05, 0) is 6.42 Å². The SMILES string of the molecule is CCCN(CC(=O)NC)C(=O)c1cn[nH]n1. The number of aromatic amines is 1. The van der Waals surface area contributed by atoms with Gasteiger partial charge in [0.25, 0.3) is 5.91 Å². The van der Waals surface area contributed by atoms with Gasteiger partial charge in [0.15, 0.2) is 5.69 Å². The summed E-state index contributed by atoms with van der Waals surface area (Å²) in [6.07, 6.45) is 2.12. The predicted octanol–water partition coefficient (Wildman–Crippen LogP) is -0.597. The van der Waals surface area contributed by atoms with E-state index in [-0.39, 0.29) is 24.1 Å². The van der Waals surface area contributed by atoms with Crippen LogP contribution in [0.5, 0.6) is 0 Å². The normalized spacial score (nSPS) is 9.88. The van der Waals surface area contributed by atoms with Crippen LogP contribution < -0.4 is 5.32 Å². The summed E-state index contributed by atoms with van der Waals surface area (Å²) in [6, 6.07) is 0. The van der Waals surface area contributed by atoms with Gasteiger partial charge in [-0.2, -0.15) is 15.4 Å². The highest BCUT2D eigenvalue weighted by molar-refractivity contribution is 5.94. The van der Waals surface area contributed by atoms with Crippen LogP contribution in [0.2, 0.25) is 0 Å². The minimum atomic E-state index is -0.292. The molecule has 0 aliphatic rings. The molecule has 0 aliphatic heterocycles. The minimum absolute atomic E-state index is 0.0377. The molecule has 0 spiro atoms. The van der Waals surface area contributed by atoms with Gasteiger partial charge in [-0.15, -0.1) is 0 Å². The van der Waals surface area contributed by atoms with E-state index in [4.69, 9.17) is 0 Å². The summed E-state index contributed by atoms with van der Waals surface area (Å²) in [6.45, 7) is 2.49. The summed E-state index contributed by atoms with van der Waals surface area (Å²) < 4.78 is 0. The van der Waals surface area contributed by atoms with E-state index >= 15 is 0 Å². The van der Waals surface area contributed by atoms with Crippen LogP contribution in [0, 0.1) is 0 Å². The maximum absolute atomic E-state index is 11.9. The lowest BCUT2D eigenvalue weighted by Crippen LogP contribution is -2.40. The van der Waals surface area contributed by atoms with Crippen molar-refractivity contribution >= 4 is 11.8 Å². The van der Waals surface area contributed by atoms with Gasteiger partial charge < -0.3 is 10.2 Å². The maximum atomic E-state index is 11.9. The molecule has 0 aliphatic carbocycles. The van der Waals surface area contributed by atoms with E-state index in [0.29, 0.717) is 6.54 Å². The first-order valence-electron chi connectivity index (χ1n) is 5.04. The third kappa shape index (κ3) is 3.04. The van der Waals surface area contributed by atoms with Gasteiger partial charge in [0.2, 0.25) is 5.91 Å². The third-order valence-electron chi connectivity index (χ3n) is 2.03. The zero-order valence-corrected chi connectivity index (χ0v) is 9.36. The molecule has 0 bridgehead atoms. The maximum Gasteiger partial charge on any atom is 0.276 e. The number of aromatic nitrogens is 3. The molecule has 1 aromatic rings. The molecule has 0 radical (unpaired) electrons. The first-order valence-corrected chi connectivity index (χ1v) is 5.04. The van der Waals surface area contributed by atoms with Crippen LogP contribution in [0.3, 0.4) is 0 Å². The van der Waals surface area contributed by atoms with E-state index in [1.165, 1.54) is 18.1 Å². The van der Waals surface area contributed by atoms with Crippen molar-refractivity contribution in [2.75, 3.05) is 20.1 Å². The lowest BCUT2D eigenvalue weighted by atomic mass is 10.3. The molecule has 0 unspecified atom stereocenters. The highest BCUT2D eigenvalue weighted by Gasteiger charge is 2.19.